The van der Waals surface area contributed by atoms with Crippen LogP contribution in [0.2, 0.25) is 0 Å². The predicted octanol–water partition coefficient (Wildman–Crippen LogP) is 2.58. The van der Waals surface area contributed by atoms with Crippen LogP contribution < -0.4 is 0 Å². The van der Waals surface area contributed by atoms with Crippen molar-refractivity contribution in [3.8, 4) is 0 Å². The number of hydrogen-bond acceptors (Lipinski definition) is 2. The van der Waals surface area contributed by atoms with Gasteiger partial charge in [-0.2, -0.15) is 0 Å². The first kappa shape index (κ1) is 9.08. The summed E-state index contributed by atoms with van der Waals surface area (Å²) in [6, 6.07) is 3.95. The lowest BCUT2D eigenvalue weighted by atomic mass is 9.48. The highest BCUT2D eigenvalue weighted by Gasteiger charge is 2.52. The molecule has 4 rings (SSSR count). The molecular formula is C13H15NO. The quantitative estimate of drug-likeness (QED) is 0.654. The van der Waals surface area contributed by atoms with Crippen LogP contribution in [-0.4, -0.2) is 11.3 Å². The van der Waals surface area contributed by atoms with Crippen molar-refractivity contribution in [1.29, 1.82) is 0 Å². The van der Waals surface area contributed by atoms with Gasteiger partial charge in [0.2, 0.25) is 0 Å². The molecule has 1 aromatic heterocycles. The summed E-state index contributed by atoms with van der Waals surface area (Å²) in [6.45, 7) is 4.70. The molecule has 0 radical (unpaired) electrons. The number of pyridine rings is 1. The third-order valence-electron chi connectivity index (χ3n) is 4.44. The predicted molar refractivity (Wildman–Crippen MR) is 58.0 cm³/mol. The van der Waals surface area contributed by atoms with Gasteiger partial charge in [0.25, 0.3) is 0 Å². The summed E-state index contributed by atoms with van der Waals surface area (Å²) in [5, 5.41) is 0. The zero-order valence-corrected chi connectivity index (χ0v) is 9.16. The Balaban J connectivity index is 2.09. The van der Waals surface area contributed by atoms with E-state index in [1.54, 1.807) is 0 Å². The summed E-state index contributed by atoms with van der Waals surface area (Å²) >= 11 is 0. The van der Waals surface area contributed by atoms with Crippen LogP contribution in [0.5, 0.6) is 0 Å². The van der Waals surface area contributed by atoms with Crippen LogP contribution in [0, 0.1) is 11.3 Å². The van der Waals surface area contributed by atoms with Gasteiger partial charge >= 0.3 is 0 Å². The molecular weight excluding hydrogens is 186 g/mol. The number of nitrogens with zero attached hydrogens (tertiary/aromatic N) is 1. The van der Waals surface area contributed by atoms with Crippen LogP contribution in [0.1, 0.15) is 47.9 Å². The molecule has 78 valence electrons. The first-order valence-corrected chi connectivity index (χ1v) is 5.58. The van der Waals surface area contributed by atoms with E-state index in [9.17, 15) is 4.79 Å². The molecule has 1 aromatic rings. The molecule has 2 bridgehead atoms. The van der Waals surface area contributed by atoms with Crippen LogP contribution >= 0.6 is 0 Å². The van der Waals surface area contributed by atoms with Gasteiger partial charge in [0.05, 0.1) is 0 Å². The van der Waals surface area contributed by atoms with Gasteiger partial charge in [0.15, 0.2) is 6.29 Å². The molecule has 0 spiro atoms. The van der Waals surface area contributed by atoms with Crippen LogP contribution in [0.25, 0.3) is 0 Å². The van der Waals surface area contributed by atoms with Crippen molar-refractivity contribution in [3.63, 3.8) is 0 Å². The largest absolute Gasteiger partial charge is 0.296 e. The minimum atomic E-state index is 0.442. The molecule has 0 aromatic carbocycles. The fourth-order valence-electron chi connectivity index (χ4n) is 3.20. The Labute approximate surface area is 89.7 Å². The van der Waals surface area contributed by atoms with Crippen LogP contribution in [0.4, 0.5) is 0 Å². The Bertz CT molecular complexity index is 436. The molecule has 1 fully saturated rings. The van der Waals surface area contributed by atoms with E-state index in [-0.39, 0.29) is 0 Å². The van der Waals surface area contributed by atoms with E-state index < -0.39 is 0 Å². The van der Waals surface area contributed by atoms with Gasteiger partial charge in [0, 0.05) is 5.69 Å². The van der Waals surface area contributed by atoms with E-state index in [2.05, 4.69) is 24.9 Å². The van der Waals surface area contributed by atoms with Crippen molar-refractivity contribution in [1.82, 2.24) is 4.98 Å². The molecule has 2 heteroatoms. The Morgan fingerprint density at radius 1 is 1.47 bits per heavy atom. The van der Waals surface area contributed by atoms with E-state index in [1.807, 2.05) is 6.07 Å². The summed E-state index contributed by atoms with van der Waals surface area (Å²) in [6.07, 6.45) is 3.20. The molecule has 1 heterocycles. The van der Waals surface area contributed by atoms with Crippen molar-refractivity contribution in [2.45, 2.75) is 32.6 Å². The first-order valence-electron chi connectivity index (χ1n) is 5.58. The summed E-state index contributed by atoms with van der Waals surface area (Å²) in [5.74, 6) is 1.43. The average Bonchev–Trinajstić information content (AvgIpc) is 2.27. The van der Waals surface area contributed by atoms with E-state index in [4.69, 9.17) is 0 Å². The number of hydrogen-bond donors (Lipinski definition) is 0. The van der Waals surface area contributed by atoms with Gasteiger partial charge in [0.1, 0.15) is 5.69 Å². The Hall–Kier alpha value is -1.18. The molecule has 2 atom stereocenters. The topological polar surface area (TPSA) is 30.0 Å². The van der Waals surface area contributed by atoms with Crippen LogP contribution in [0.3, 0.4) is 0 Å². The fourth-order valence-corrected chi connectivity index (χ4v) is 3.20. The van der Waals surface area contributed by atoms with Crippen molar-refractivity contribution in [2.75, 3.05) is 0 Å². The zero-order chi connectivity index (χ0) is 10.6. The number of carbonyl (C=O) groups is 1. The van der Waals surface area contributed by atoms with E-state index in [0.29, 0.717) is 17.0 Å². The highest BCUT2D eigenvalue weighted by atomic mass is 16.1. The maximum absolute atomic E-state index is 10.6. The van der Waals surface area contributed by atoms with Gasteiger partial charge < -0.3 is 0 Å². The maximum atomic E-state index is 10.6. The summed E-state index contributed by atoms with van der Waals surface area (Å²) in [7, 11) is 0. The lowest BCUT2D eigenvalue weighted by molar-refractivity contribution is 0.0169. The summed E-state index contributed by atoms with van der Waals surface area (Å²) < 4.78 is 0. The standard InChI is InChI=1S/C13H15NO/c1-13(2)8-5-11(13)10-4-3-9(7-15)14-12(10)6-8/h3-4,7-8,11H,5-6H2,1-2H3/t8-,11+/m1/s1. The molecule has 0 amide bonds. The Kier molecular flexibility index (Phi) is 1.63. The average molecular weight is 201 g/mol. The Morgan fingerprint density at radius 2 is 2.27 bits per heavy atom. The fraction of sp³-hybridized carbons (Fsp3) is 0.538. The van der Waals surface area contributed by atoms with Crippen molar-refractivity contribution in [2.24, 2.45) is 11.3 Å². The molecule has 2 nitrogen and oxygen atoms in total. The molecule has 0 N–H and O–H groups in total. The third kappa shape index (κ3) is 1.05. The normalized spacial score (nSPS) is 30.3. The SMILES string of the molecule is CC1(C)[C@H]2Cc3nc(C=O)ccc3[C@@H]1C2. The highest BCUT2D eigenvalue weighted by molar-refractivity contribution is 5.72. The van der Waals surface area contributed by atoms with Gasteiger partial charge in [-0.15, -0.1) is 0 Å². The first-order chi connectivity index (χ1) is 7.13. The van der Waals surface area contributed by atoms with Crippen molar-refractivity contribution >= 4 is 6.29 Å². The van der Waals surface area contributed by atoms with Gasteiger partial charge in [-0.05, 0) is 41.7 Å². The second-order valence-corrected chi connectivity index (χ2v) is 5.40. The Morgan fingerprint density at radius 3 is 2.93 bits per heavy atom. The van der Waals surface area contributed by atoms with Gasteiger partial charge in [-0.1, -0.05) is 19.9 Å². The number of carbonyl (C=O) groups excluding carboxylic acids is 1. The summed E-state index contributed by atoms with van der Waals surface area (Å²) in [4.78, 5) is 15.1. The van der Waals surface area contributed by atoms with Gasteiger partial charge in [-0.3, -0.25) is 4.79 Å². The molecule has 3 aliphatic carbocycles. The molecule has 0 aliphatic heterocycles. The van der Waals surface area contributed by atoms with Crippen LogP contribution in [-0.2, 0) is 6.42 Å². The van der Waals surface area contributed by atoms with Gasteiger partial charge in [-0.25, -0.2) is 4.98 Å². The maximum Gasteiger partial charge on any atom is 0.168 e. The van der Waals surface area contributed by atoms with Crippen molar-refractivity contribution < 1.29 is 4.79 Å². The molecule has 3 aliphatic rings. The smallest absolute Gasteiger partial charge is 0.168 e. The highest BCUT2D eigenvalue weighted by Crippen LogP contribution is 2.61. The third-order valence-corrected chi connectivity index (χ3v) is 4.44. The lowest BCUT2D eigenvalue weighted by Gasteiger charge is -2.56. The second kappa shape index (κ2) is 2.69. The van der Waals surface area contributed by atoms with Crippen LogP contribution in [0.15, 0.2) is 12.1 Å². The number of rotatable bonds is 1. The second-order valence-electron chi connectivity index (χ2n) is 5.40. The van der Waals surface area contributed by atoms with Crippen molar-refractivity contribution in [3.05, 3.63) is 29.1 Å². The lowest BCUT2D eigenvalue weighted by Crippen LogP contribution is -2.48. The molecule has 15 heavy (non-hydrogen) atoms. The zero-order valence-electron chi connectivity index (χ0n) is 9.16. The minimum Gasteiger partial charge on any atom is -0.296 e. The van der Waals surface area contributed by atoms with E-state index >= 15 is 0 Å². The van der Waals surface area contributed by atoms with E-state index in [0.717, 1.165) is 18.6 Å². The minimum absolute atomic E-state index is 0.442. The number of aromatic nitrogens is 1. The monoisotopic (exact) mass is 201 g/mol. The van der Waals surface area contributed by atoms with E-state index in [1.165, 1.54) is 17.7 Å². The molecule has 0 unspecified atom stereocenters. The number of aldehydes is 1. The molecule has 1 saturated carbocycles. The summed E-state index contributed by atoms with van der Waals surface area (Å²) in [5.41, 5.74) is 3.57. The molecule has 0 saturated heterocycles.